The maximum atomic E-state index is 10.9. The van der Waals surface area contributed by atoms with Crippen LogP contribution in [0.4, 0.5) is 0 Å². The Hall–Kier alpha value is -2.82. The molecular formula is C20H18N2O3. The molecule has 1 heterocycles. The van der Waals surface area contributed by atoms with Crippen molar-refractivity contribution in [3.63, 3.8) is 0 Å². The van der Waals surface area contributed by atoms with E-state index in [2.05, 4.69) is 0 Å². The fourth-order valence-electron chi connectivity index (χ4n) is 4.25. The van der Waals surface area contributed by atoms with Crippen LogP contribution in [0.25, 0.3) is 21.5 Å². The third-order valence-corrected chi connectivity index (χ3v) is 5.46. The fraction of sp³-hybridized carbons (Fsp3) is 0.300. The van der Waals surface area contributed by atoms with Gasteiger partial charge in [0.15, 0.2) is 0 Å². The molecule has 2 aliphatic rings. The Bertz CT molecular complexity index is 1150. The van der Waals surface area contributed by atoms with E-state index in [1.807, 2.05) is 0 Å². The smallest absolute Gasteiger partial charge is 0.135 e. The van der Waals surface area contributed by atoms with Crippen molar-refractivity contribution in [1.29, 1.82) is 0 Å². The van der Waals surface area contributed by atoms with Crippen molar-refractivity contribution in [3.05, 3.63) is 41.0 Å². The van der Waals surface area contributed by atoms with E-state index in [0.717, 1.165) is 25.7 Å². The molecule has 5 heteroatoms. The maximum absolute atomic E-state index is 10.9. The zero-order valence-corrected chi connectivity index (χ0v) is 13.6. The van der Waals surface area contributed by atoms with E-state index in [4.69, 9.17) is 9.98 Å². The second-order valence-corrected chi connectivity index (χ2v) is 6.93. The molecule has 126 valence electrons. The highest BCUT2D eigenvalue weighted by Gasteiger charge is 2.28. The van der Waals surface area contributed by atoms with Gasteiger partial charge in [-0.25, -0.2) is 0 Å². The molecule has 2 atom stereocenters. The number of rotatable bonds is 0. The van der Waals surface area contributed by atoms with E-state index in [9.17, 15) is 15.3 Å². The molecular weight excluding hydrogens is 316 g/mol. The third kappa shape index (κ3) is 1.95. The predicted molar refractivity (Wildman–Crippen MR) is 94.8 cm³/mol. The van der Waals surface area contributed by atoms with Crippen LogP contribution in [0.3, 0.4) is 0 Å². The summed E-state index contributed by atoms with van der Waals surface area (Å²) in [5, 5.41) is 35.0. The van der Waals surface area contributed by atoms with Gasteiger partial charge in [-0.3, -0.25) is 9.98 Å². The SMILES string of the molecule is Oc1cc2c(c3c(O)c4ccccc4c(O)c13)=N[C@H]1CCCC[C@H]1N=2. The number of phenolic OH excluding ortho intramolecular Hbond substituents is 3. The molecule has 5 nitrogen and oxygen atoms in total. The number of aromatic hydroxyl groups is 3. The summed E-state index contributed by atoms with van der Waals surface area (Å²) in [7, 11) is 0. The monoisotopic (exact) mass is 334 g/mol. The standard InChI is InChI=1S/C20H18N2O3/c23-15-9-14-18(22-13-8-4-3-7-12(13)21-14)17-16(15)19(24)10-5-1-2-6-11(10)20(17)25/h1-2,5-6,9,12-13,23-25H,3-4,7-8H2/t12-,13+/m1/s1. The van der Waals surface area contributed by atoms with E-state index in [-0.39, 0.29) is 34.7 Å². The fourth-order valence-corrected chi connectivity index (χ4v) is 4.25. The van der Waals surface area contributed by atoms with Gasteiger partial charge in [-0.15, -0.1) is 0 Å². The van der Waals surface area contributed by atoms with Gasteiger partial charge >= 0.3 is 0 Å². The van der Waals surface area contributed by atoms with Gasteiger partial charge in [0.1, 0.15) is 17.2 Å². The lowest BCUT2D eigenvalue weighted by molar-refractivity contribution is 0.369. The molecule has 0 aromatic heterocycles. The van der Waals surface area contributed by atoms with Crippen LogP contribution in [0.2, 0.25) is 0 Å². The Labute approximate surface area is 143 Å². The number of fused-ring (bicyclic) bond motifs is 5. The van der Waals surface area contributed by atoms with Crippen molar-refractivity contribution in [2.75, 3.05) is 0 Å². The maximum Gasteiger partial charge on any atom is 0.135 e. The van der Waals surface area contributed by atoms with Crippen LogP contribution >= 0.6 is 0 Å². The van der Waals surface area contributed by atoms with Crippen LogP contribution in [-0.2, 0) is 0 Å². The molecule has 3 N–H and O–H groups in total. The molecule has 5 rings (SSSR count). The molecule has 3 aromatic rings. The molecule has 0 radical (unpaired) electrons. The minimum absolute atomic E-state index is 0.0313. The molecule has 0 unspecified atom stereocenters. The van der Waals surface area contributed by atoms with Crippen LogP contribution in [0, 0.1) is 0 Å². The third-order valence-electron chi connectivity index (χ3n) is 5.46. The Morgan fingerprint density at radius 1 is 0.800 bits per heavy atom. The van der Waals surface area contributed by atoms with Gasteiger partial charge in [-0.05, 0) is 12.8 Å². The van der Waals surface area contributed by atoms with Crippen LogP contribution in [0.5, 0.6) is 17.2 Å². The lowest BCUT2D eigenvalue weighted by Crippen LogP contribution is -2.41. The Balaban J connectivity index is 2.00. The summed E-state index contributed by atoms with van der Waals surface area (Å²) in [6.45, 7) is 0. The van der Waals surface area contributed by atoms with Crippen LogP contribution in [0.15, 0.2) is 40.3 Å². The average Bonchev–Trinajstić information content (AvgIpc) is 2.64. The van der Waals surface area contributed by atoms with E-state index >= 15 is 0 Å². The molecule has 0 amide bonds. The first-order valence-electron chi connectivity index (χ1n) is 8.69. The molecule has 0 bridgehead atoms. The van der Waals surface area contributed by atoms with Crippen molar-refractivity contribution < 1.29 is 15.3 Å². The van der Waals surface area contributed by atoms with E-state index in [1.54, 1.807) is 30.3 Å². The molecule has 25 heavy (non-hydrogen) atoms. The zero-order valence-electron chi connectivity index (χ0n) is 13.6. The van der Waals surface area contributed by atoms with Gasteiger partial charge in [0.25, 0.3) is 0 Å². The van der Waals surface area contributed by atoms with Crippen LogP contribution in [0.1, 0.15) is 25.7 Å². The molecule has 0 saturated heterocycles. The van der Waals surface area contributed by atoms with Gasteiger partial charge in [0, 0.05) is 16.8 Å². The number of hydrogen-bond acceptors (Lipinski definition) is 5. The van der Waals surface area contributed by atoms with Gasteiger partial charge in [0.2, 0.25) is 0 Å². The van der Waals surface area contributed by atoms with Crippen molar-refractivity contribution in [3.8, 4) is 17.2 Å². The summed E-state index contributed by atoms with van der Waals surface area (Å²) in [6, 6.07) is 8.89. The Morgan fingerprint density at radius 2 is 1.40 bits per heavy atom. The molecule has 0 spiro atoms. The molecule has 1 aliphatic heterocycles. The van der Waals surface area contributed by atoms with E-state index in [0.29, 0.717) is 26.9 Å². The summed E-state index contributed by atoms with van der Waals surface area (Å²) in [4.78, 5) is 9.65. The van der Waals surface area contributed by atoms with Crippen molar-refractivity contribution >= 4 is 21.5 Å². The van der Waals surface area contributed by atoms with Crippen molar-refractivity contribution in [2.45, 2.75) is 37.8 Å². The zero-order chi connectivity index (χ0) is 17.1. The second kappa shape index (κ2) is 5.09. The number of phenols is 3. The first-order valence-corrected chi connectivity index (χ1v) is 8.69. The van der Waals surface area contributed by atoms with E-state index in [1.165, 1.54) is 0 Å². The van der Waals surface area contributed by atoms with Crippen LogP contribution in [-0.4, -0.2) is 27.4 Å². The second-order valence-electron chi connectivity index (χ2n) is 6.93. The molecule has 1 fully saturated rings. The largest absolute Gasteiger partial charge is 0.507 e. The van der Waals surface area contributed by atoms with Gasteiger partial charge in [-0.2, -0.15) is 0 Å². The molecule has 1 saturated carbocycles. The Kier molecular flexibility index (Phi) is 2.95. The lowest BCUT2D eigenvalue weighted by atomic mass is 9.90. The minimum atomic E-state index is -0.0829. The van der Waals surface area contributed by atoms with E-state index < -0.39 is 0 Å². The average molecular weight is 334 g/mol. The highest BCUT2D eigenvalue weighted by molar-refractivity contribution is 6.12. The first-order chi connectivity index (χ1) is 12.1. The Morgan fingerprint density at radius 3 is 2.08 bits per heavy atom. The predicted octanol–water partition coefficient (Wildman–Crippen LogP) is 2.67. The molecule has 3 aromatic carbocycles. The summed E-state index contributed by atoms with van der Waals surface area (Å²) in [5.41, 5.74) is 0. The van der Waals surface area contributed by atoms with Gasteiger partial charge < -0.3 is 15.3 Å². The number of benzene rings is 3. The summed E-state index contributed by atoms with van der Waals surface area (Å²) < 4.78 is 0. The summed E-state index contributed by atoms with van der Waals surface area (Å²) in [6.07, 6.45) is 4.26. The first kappa shape index (κ1) is 14.5. The normalized spacial score (nSPS) is 22.1. The molecule has 1 aliphatic carbocycles. The minimum Gasteiger partial charge on any atom is -0.507 e. The highest BCUT2D eigenvalue weighted by atomic mass is 16.3. The number of hydrogen-bond donors (Lipinski definition) is 3. The summed E-state index contributed by atoms with van der Waals surface area (Å²) in [5.74, 6) is -0.0889. The van der Waals surface area contributed by atoms with Crippen molar-refractivity contribution in [1.82, 2.24) is 0 Å². The topological polar surface area (TPSA) is 85.4 Å². The highest BCUT2D eigenvalue weighted by Crippen LogP contribution is 2.43. The van der Waals surface area contributed by atoms with Gasteiger partial charge in [0.05, 0.1) is 33.6 Å². The van der Waals surface area contributed by atoms with Crippen molar-refractivity contribution in [2.24, 2.45) is 9.98 Å². The number of nitrogens with zero attached hydrogens (tertiary/aromatic N) is 2. The lowest BCUT2D eigenvalue weighted by Gasteiger charge is -2.28. The van der Waals surface area contributed by atoms with Crippen LogP contribution < -0.4 is 10.7 Å². The van der Waals surface area contributed by atoms with Gasteiger partial charge in [-0.1, -0.05) is 37.1 Å². The quantitative estimate of drug-likeness (QED) is 0.436. The summed E-state index contributed by atoms with van der Waals surface area (Å²) >= 11 is 0.